The predicted octanol–water partition coefficient (Wildman–Crippen LogP) is -0.400. The molecule has 1 saturated heterocycles. The zero-order chi connectivity index (χ0) is 9.14. The van der Waals surface area contributed by atoms with Gasteiger partial charge >= 0.3 is 0 Å². The molecule has 4 heteroatoms. The molecule has 0 spiro atoms. The highest BCUT2D eigenvalue weighted by atomic mass is 16.5. The van der Waals surface area contributed by atoms with Crippen LogP contribution in [-0.2, 0) is 9.53 Å². The molecule has 12 heavy (non-hydrogen) atoms. The second kappa shape index (κ2) is 3.69. The Morgan fingerprint density at radius 3 is 2.67 bits per heavy atom. The smallest absolute Gasteiger partial charge is 0.140 e. The summed E-state index contributed by atoms with van der Waals surface area (Å²) in [5.41, 5.74) is 0. The largest absolute Gasteiger partial charge is 0.490 e. The Balaban J connectivity index is 2.63. The minimum Gasteiger partial charge on any atom is -0.490 e. The average molecular weight is 172 g/mol. The van der Waals surface area contributed by atoms with E-state index in [1.54, 1.807) is 6.92 Å². The molecule has 1 fully saturated rings. The molecule has 68 valence electrons. The quantitative estimate of drug-likeness (QED) is 0.556. The second-order valence-electron chi connectivity index (χ2n) is 2.77. The first-order valence-corrected chi connectivity index (χ1v) is 3.83. The van der Waals surface area contributed by atoms with Gasteiger partial charge < -0.3 is 19.7 Å². The van der Waals surface area contributed by atoms with Gasteiger partial charge in [-0.3, -0.25) is 0 Å². The number of aliphatic hydroxyl groups is 2. The predicted molar refractivity (Wildman–Crippen MR) is 41.3 cm³/mol. The van der Waals surface area contributed by atoms with E-state index in [4.69, 9.17) is 4.74 Å². The third-order valence-corrected chi connectivity index (χ3v) is 1.83. The van der Waals surface area contributed by atoms with Crippen molar-refractivity contribution < 1.29 is 19.7 Å². The zero-order valence-corrected chi connectivity index (χ0v) is 6.80. The minimum absolute atomic E-state index is 0.200. The molecular formula is C8H12O4. The van der Waals surface area contributed by atoms with Crippen molar-refractivity contribution in [1.29, 1.82) is 0 Å². The molecular weight excluding hydrogens is 160 g/mol. The molecule has 0 bridgehead atoms. The summed E-state index contributed by atoms with van der Waals surface area (Å²) in [5.74, 6) is 0.294. The first kappa shape index (κ1) is 9.22. The van der Waals surface area contributed by atoms with E-state index in [1.165, 1.54) is 6.08 Å². The van der Waals surface area contributed by atoms with Crippen LogP contribution in [-0.4, -0.2) is 34.8 Å². The highest BCUT2D eigenvalue weighted by Gasteiger charge is 2.36. The lowest BCUT2D eigenvalue weighted by molar-refractivity contribution is -0.107. The minimum atomic E-state index is -0.986. The summed E-state index contributed by atoms with van der Waals surface area (Å²) in [5, 5.41) is 18.5. The molecule has 1 aliphatic heterocycles. The number of carbonyl (C=O) groups excluding carboxylic acids is 1. The van der Waals surface area contributed by atoms with Gasteiger partial charge in [-0.2, -0.15) is 0 Å². The van der Waals surface area contributed by atoms with Crippen molar-refractivity contribution in [2.75, 3.05) is 0 Å². The average Bonchev–Trinajstić information content (AvgIpc) is 2.30. The van der Waals surface area contributed by atoms with E-state index in [0.29, 0.717) is 12.0 Å². The van der Waals surface area contributed by atoms with Crippen LogP contribution in [0.3, 0.4) is 0 Å². The van der Waals surface area contributed by atoms with E-state index in [-0.39, 0.29) is 6.42 Å². The Labute approximate surface area is 70.5 Å². The SMILES string of the molecule is C[C@@H]1OC(=CCC=O)[C@H](O)C1O. The van der Waals surface area contributed by atoms with Crippen molar-refractivity contribution in [2.45, 2.75) is 31.7 Å². The molecule has 1 rings (SSSR count). The third-order valence-electron chi connectivity index (χ3n) is 1.83. The van der Waals surface area contributed by atoms with Gasteiger partial charge in [0.1, 0.15) is 30.4 Å². The molecule has 0 amide bonds. The number of hydrogen-bond donors (Lipinski definition) is 2. The Morgan fingerprint density at radius 1 is 1.58 bits per heavy atom. The van der Waals surface area contributed by atoms with E-state index < -0.39 is 18.3 Å². The first-order valence-electron chi connectivity index (χ1n) is 3.83. The van der Waals surface area contributed by atoms with Crippen LogP contribution in [0.2, 0.25) is 0 Å². The van der Waals surface area contributed by atoms with Crippen LogP contribution in [0.4, 0.5) is 0 Å². The molecule has 0 aromatic rings. The van der Waals surface area contributed by atoms with E-state index >= 15 is 0 Å². The maximum Gasteiger partial charge on any atom is 0.140 e. The molecule has 0 aliphatic carbocycles. The van der Waals surface area contributed by atoms with Crippen molar-refractivity contribution in [3.05, 3.63) is 11.8 Å². The van der Waals surface area contributed by atoms with E-state index in [9.17, 15) is 15.0 Å². The van der Waals surface area contributed by atoms with Crippen molar-refractivity contribution >= 4 is 6.29 Å². The van der Waals surface area contributed by atoms with Crippen molar-refractivity contribution in [2.24, 2.45) is 0 Å². The highest BCUT2D eigenvalue weighted by molar-refractivity contribution is 5.52. The summed E-state index contributed by atoms with van der Waals surface area (Å²) in [6.07, 6.45) is 0.107. The van der Waals surface area contributed by atoms with Gasteiger partial charge in [0.25, 0.3) is 0 Å². The van der Waals surface area contributed by atoms with Gasteiger partial charge in [-0.25, -0.2) is 0 Å². The molecule has 0 aromatic carbocycles. The van der Waals surface area contributed by atoms with Gasteiger partial charge in [0.05, 0.1) is 0 Å². The highest BCUT2D eigenvalue weighted by Crippen LogP contribution is 2.23. The summed E-state index contributed by atoms with van der Waals surface area (Å²) < 4.78 is 5.09. The number of aldehydes is 1. The van der Waals surface area contributed by atoms with Crippen LogP contribution in [0.5, 0.6) is 0 Å². The topological polar surface area (TPSA) is 66.8 Å². The van der Waals surface area contributed by atoms with Crippen LogP contribution in [0.15, 0.2) is 11.8 Å². The van der Waals surface area contributed by atoms with Crippen LogP contribution in [0.1, 0.15) is 13.3 Å². The van der Waals surface area contributed by atoms with Crippen molar-refractivity contribution in [3.8, 4) is 0 Å². The Kier molecular flexibility index (Phi) is 2.83. The summed E-state index contributed by atoms with van der Waals surface area (Å²) in [6, 6.07) is 0. The number of allylic oxidation sites excluding steroid dienone is 1. The second-order valence-corrected chi connectivity index (χ2v) is 2.77. The summed E-state index contributed by atoms with van der Waals surface area (Å²) in [6.45, 7) is 1.66. The standard InChI is InChI=1S/C8H12O4/c1-5-7(10)8(11)6(12-5)3-2-4-9/h3-5,7-8,10-11H,2H2,1H3/t5-,7?,8-/m0/s1. The Bertz CT molecular complexity index is 199. The first-order chi connectivity index (χ1) is 5.66. The fraction of sp³-hybridized carbons (Fsp3) is 0.625. The number of carbonyl (C=O) groups is 1. The number of hydrogen-bond acceptors (Lipinski definition) is 4. The van der Waals surface area contributed by atoms with Gasteiger partial charge in [-0.05, 0) is 13.0 Å². The fourth-order valence-corrected chi connectivity index (χ4v) is 1.11. The number of rotatable bonds is 2. The Hall–Kier alpha value is -0.870. The van der Waals surface area contributed by atoms with Crippen LogP contribution in [0.25, 0.3) is 0 Å². The summed E-state index contributed by atoms with van der Waals surface area (Å²) >= 11 is 0. The number of aliphatic hydroxyl groups excluding tert-OH is 2. The molecule has 3 atom stereocenters. The molecule has 0 aromatic heterocycles. The molecule has 0 saturated carbocycles. The van der Waals surface area contributed by atoms with Crippen molar-refractivity contribution in [1.82, 2.24) is 0 Å². The lowest BCUT2D eigenvalue weighted by Crippen LogP contribution is -2.27. The normalized spacial score (nSPS) is 38.2. The lowest BCUT2D eigenvalue weighted by atomic mass is 10.1. The monoisotopic (exact) mass is 172 g/mol. The van der Waals surface area contributed by atoms with E-state index in [2.05, 4.69) is 0 Å². The van der Waals surface area contributed by atoms with Gasteiger partial charge in [-0.15, -0.1) is 0 Å². The maximum atomic E-state index is 9.99. The zero-order valence-electron chi connectivity index (χ0n) is 6.80. The summed E-state index contributed by atoms with van der Waals surface area (Å²) in [4.78, 5) is 9.99. The van der Waals surface area contributed by atoms with Crippen LogP contribution >= 0.6 is 0 Å². The maximum absolute atomic E-state index is 9.99. The van der Waals surface area contributed by atoms with Crippen LogP contribution < -0.4 is 0 Å². The van der Waals surface area contributed by atoms with Gasteiger partial charge in [0.15, 0.2) is 0 Å². The van der Waals surface area contributed by atoms with Gasteiger partial charge in [0, 0.05) is 6.42 Å². The lowest BCUT2D eigenvalue weighted by Gasteiger charge is -2.05. The molecule has 1 heterocycles. The number of ether oxygens (including phenoxy) is 1. The van der Waals surface area contributed by atoms with E-state index in [1.807, 2.05) is 0 Å². The molecule has 1 aliphatic rings. The molecule has 4 nitrogen and oxygen atoms in total. The molecule has 0 radical (unpaired) electrons. The van der Waals surface area contributed by atoms with Crippen molar-refractivity contribution in [3.63, 3.8) is 0 Å². The van der Waals surface area contributed by atoms with E-state index in [0.717, 1.165) is 0 Å². The summed E-state index contributed by atoms with van der Waals surface area (Å²) in [7, 11) is 0. The third kappa shape index (κ3) is 1.65. The van der Waals surface area contributed by atoms with Crippen LogP contribution in [0, 0.1) is 0 Å². The van der Waals surface area contributed by atoms with Gasteiger partial charge in [0.2, 0.25) is 0 Å². The molecule has 1 unspecified atom stereocenters. The molecule has 2 N–H and O–H groups in total. The fourth-order valence-electron chi connectivity index (χ4n) is 1.11. The van der Waals surface area contributed by atoms with Gasteiger partial charge in [-0.1, -0.05) is 0 Å². The Morgan fingerprint density at radius 2 is 2.25 bits per heavy atom.